The number of rotatable bonds is 8. The van der Waals surface area contributed by atoms with Gasteiger partial charge in [-0.1, -0.05) is 39.5 Å². The van der Waals surface area contributed by atoms with Crippen LogP contribution in [0, 0.1) is 5.92 Å². The second-order valence-electron chi connectivity index (χ2n) is 6.23. The van der Waals surface area contributed by atoms with E-state index in [1.807, 2.05) is 0 Å². The van der Waals surface area contributed by atoms with Crippen molar-refractivity contribution in [3.05, 3.63) is 0 Å². The van der Waals surface area contributed by atoms with E-state index in [0.29, 0.717) is 12.3 Å². The summed E-state index contributed by atoms with van der Waals surface area (Å²) < 4.78 is 5.14. The van der Waals surface area contributed by atoms with Crippen LogP contribution in [-0.2, 0) is 9.53 Å². The summed E-state index contributed by atoms with van der Waals surface area (Å²) in [6.07, 6.45) is 5.62. The molecule has 0 saturated heterocycles. The average molecular weight is 271 g/mol. The number of alkyl carbamates (subject to hydrolysis) is 1. The van der Waals surface area contributed by atoms with E-state index in [2.05, 4.69) is 19.2 Å². The van der Waals surface area contributed by atoms with Crippen LogP contribution in [0.1, 0.15) is 66.7 Å². The lowest BCUT2D eigenvalue weighted by atomic mass is 9.96. The molecule has 0 heterocycles. The van der Waals surface area contributed by atoms with Crippen LogP contribution in [0.5, 0.6) is 0 Å². The number of unbranched alkanes of at least 4 members (excludes halogenated alkanes) is 2. The SMILES string of the molecule is CCCCCC(C)CC(C=O)NC(=O)OC(C)(C)C. The van der Waals surface area contributed by atoms with Gasteiger partial charge in [0.15, 0.2) is 0 Å². The Morgan fingerprint density at radius 1 is 1.32 bits per heavy atom. The molecule has 0 aliphatic carbocycles. The molecule has 0 aromatic rings. The highest BCUT2D eigenvalue weighted by atomic mass is 16.6. The molecule has 0 aromatic carbocycles. The molecule has 0 aliphatic heterocycles. The van der Waals surface area contributed by atoms with E-state index in [1.54, 1.807) is 20.8 Å². The van der Waals surface area contributed by atoms with Gasteiger partial charge in [0.1, 0.15) is 11.9 Å². The van der Waals surface area contributed by atoms with Crippen molar-refractivity contribution in [3.8, 4) is 0 Å². The third-order valence-electron chi connectivity index (χ3n) is 2.82. The normalized spacial score (nSPS) is 14.6. The molecule has 1 N–H and O–H groups in total. The summed E-state index contributed by atoms with van der Waals surface area (Å²) >= 11 is 0. The second kappa shape index (κ2) is 8.94. The summed E-state index contributed by atoms with van der Waals surface area (Å²) in [5.41, 5.74) is -0.537. The van der Waals surface area contributed by atoms with Crippen LogP contribution in [0.4, 0.5) is 4.79 Å². The smallest absolute Gasteiger partial charge is 0.408 e. The fourth-order valence-electron chi connectivity index (χ4n) is 1.90. The van der Waals surface area contributed by atoms with Crippen molar-refractivity contribution in [2.45, 2.75) is 78.4 Å². The minimum absolute atomic E-state index is 0.427. The summed E-state index contributed by atoms with van der Waals surface area (Å²) in [5.74, 6) is 0.427. The van der Waals surface area contributed by atoms with Crippen LogP contribution >= 0.6 is 0 Å². The first kappa shape index (κ1) is 17.9. The zero-order valence-electron chi connectivity index (χ0n) is 13.0. The van der Waals surface area contributed by atoms with Gasteiger partial charge in [0, 0.05) is 0 Å². The number of aldehydes is 1. The van der Waals surface area contributed by atoms with E-state index >= 15 is 0 Å². The lowest BCUT2D eigenvalue weighted by molar-refractivity contribution is -0.110. The van der Waals surface area contributed by atoms with Crippen molar-refractivity contribution >= 4 is 12.4 Å². The first-order chi connectivity index (χ1) is 8.78. The number of nitrogens with one attached hydrogen (secondary N) is 1. The molecular formula is C15H29NO3. The van der Waals surface area contributed by atoms with Gasteiger partial charge in [0.25, 0.3) is 0 Å². The zero-order valence-corrected chi connectivity index (χ0v) is 13.0. The number of hydrogen-bond acceptors (Lipinski definition) is 3. The zero-order chi connectivity index (χ0) is 14.9. The molecular weight excluding hydrogens is 242 g/mol. The van der Waals surface area contributed by atoms with Gasteiger partial charge >= 0.3 is 6.09 Å². The molecule has 0 fully saturated rings. The fourth-order valence-corrected chi connectivity index (χ4v) is 1.90. The molecule has 0 saturated carbocycles. The maximum absolute atomic E-state index is 11.6. The lowest BCUT2D eigenvalue weighted by Gasteiger charge is -2.22. The molecule has 4 heteroatoms. The Balaban J connectivity index is 4.06. The van der Waals surface area contributed by atoms with Crippen molar-refractivity contribution in [1.82, 2.24) is 5.32 Å². The first-order valence-corrected chi connectivity index (χ1v) is 7.23. The number of amides is 1. The first-order valence-electron chi connectivity index (χ1n) is 7.23. The molecule has 19 heavy (non-hydrogen) atoms. The molecule has 2 atom stereocenters. The molecule has 0 rings (SSSR count). The number of hydrogen-bond donors (Lipinski definition) is 1. The minimum Gasteiger partial charge on any atom is -0.444 e. The Labute approximate surface area is 117 Å². The highest BCUT2D eigenvalue weighted by Crippen LogP contribution is 2.15. The Hall–Kier alpha value is -1.06. The fraction of sp³-hybridized carbons (Fsp3) is 0.867. The highest BCUT2D eigenvalue weighted by Gasteiger charge is 2.20. The number of carbonyl (C=O) groups is 2. The summed E-state index contributed by atoms with van der Waals surface area (Å²) in [4.78, 5) is 22.6. The Morgan fingerprint density at radius 3 is 2.42 bits per heavy atom. The van der Waals surface area contributed by atoms with Crippen LogP contribution in [0.2, 0.25) is 0 Å². The van der Waals surface area contributed by atoms with Gasteiger partial charge in [0.05, 0.1) is 6.04 Å². The average Bonchev–Trinajstić information content (AvgIpc) is 2.25. The standard InChI is InChI=1S/C15H29NO3/c1-6-7-8-9-12(2)10-13(11-17)16-14(18)19-15(3,4)5/h11-13H,6-10H2,1-5H3,(H,16,18). The molecule has 0 aliphatic rings. The van der Waals surface area contributed by atoms with Crippen LogP contribution in [0.15, 0.2) is 0 Å². The Morgan fingerprint density at radius 2 is 1.95 bits per heavy atom. The summed E-state index contributed by atoms with van der Waals surface area (Å²) in [5, 5.41) is 2.62. The van der Waals surface area contributed by atoms with Crippen LogP contribution in [0.3, 0.4) is 0 Å². The predicted octanol–water partition coefficient (Wildman–Crippen LogP) is 3.69. The molecule has 2 unspecified atom stereocenters. The maximum atomic E-state index is 11.6. The largest absolute Gasteiger partial charge is 0.444 e. The van der Waals surface area contributed by atoms with Crippen LogP contribution < -0.4 is 5.32 Å². The van der Waals surface area contributed by atoms with Crippen molar-refractivity contribution in [2.75, 3.05) is 0 Å². The van der Waals surface area contributed by atoms with Crippen LogP contribution in [-0.4, -0.2) is 24.0 Å². The van der Waals surface area contributed by atoms with E-state index in [9.17, 15) is 9.59 Å². The highest BCUT2D eigenvalue weighted by molar-refractivity contribution is 5.73. The predicted molar refractivity (Wildman–Crippen MR) is 77.1 cm³/mol. The summed E-state index contributed by atoms with van der Waals surface area (Å²) in [6, 6.07) is -0.452. The monoisotopic (exact) mass is 271 g/mol. The second-order valence-corrected chi connectivity index (χ2v) is 6.23. The van der Waals surface area contributed by atoms with Crippen molar-refractivity contribution in [3.63, 3.8) is 0 Å². The topological polar surface area (TPSA) is 55.4 Å². The van der Waals surface area contributed by atoms with Gasteiger partial charge < -0.3 is 14.8 Å². The van der Waals surface area contributed by atoms with Gasteiger partial charge in [-0.25, -0.2) is 4.79 Å². The van der Waals surface area contributed by atoms with E-state index in [0.717, 1.165) is 12.7 Å². The third kappa shape index (κ3) is 10.5. The van der Waals surface area contributed by atoms with E-state index in [4.69, 9.17) is 4.74 Å². The molecule has 0 aromatic heterocycles. The molecule has 0 bridgehead atoms. The third-order valence-corrected chi connectivity index (χ3v) is 2.82. The van der Waals surface area contributed by atoms with Gasteiger partial charge in [-0.15, -0.1) is 0 Å². The quantitative estimate of drug-likeness (QED) is 0.541. The maximum Gasteiger partial charge on any atom is 0.408 e. The summed E-state index contributed by atoms with van der Waals surface area (Å²) in [6.45, 7) is 9.69. The molecule has 0 radical (unpaired) electrons. The van der Waals surface area contributed by atoms with Crippen molar-refractivity contribution < 1.29 is 14.3 Å². The van der Waals surface area contributed by atoms with E-state index in [1.165, 1.54) is 19.3 Å². The lowest BCUT2D eigenvalue weighted by Crippen LogP contribution is -2.40. The van der Waals surface area contributed by atoms with Crippen molar-refractivity contribution in [1.29, 1.82) is 0 Å². The van der Waals surface area contributed by atoms with Gasteiger partial charge in [-0.05, 0) is 33.1 Å². The van der Waals surface area contributed by atoms with Gasteiger partial charge in [-0.2, -0.15) is 0 Å². The number of carbonyl (C=O) groups excluding carboxylic acids is 2. The van der Waals surface area contributed by atoms with Gasteiger partial charge in [0.2, 0.25) is 0 Å². The summed E-state index contributed by atoms with van der Waals surface area (Å²) in [7, 11) is 0. The minimum atomic E-state index is -0.537. The van der Waals surface area contributed by atoms with E-state index < -0.39 is 17.7 Å². The Kier molecular flexibility index (Phi) is 8.44. The van der Waals surface area contributed by atoms with E-state index in [-0.39, 0.29) is 0 Å². The molecule has 4 nitrogen and oxygen atoms in total. The molecule has 112 valence electrons. The Bertz CT molecular complexity index is 271. The molecule has 1 amide bonds. The van der Waals surface area contributed by atoms with Crippen molar-refractivity contribution in [2.24, 2.45) is 5.92 Å². The molecule has 0 spiro atoms. The van der Waals surface area contributed by atoms with Gasteiger partial charge in [-0.3, -0.25) is 0 Å². The number of ether oxygens (including phenoxy) is 1. The van der Waals surface area contributed by atoms with Crippen LogP contribution in [0.25, 0.3) is 0 Å².